The van der Waals surface area contributed by atoms with Gasteiger partial charge in [-0.1, -0.05) is 13.8 Å². The fourth-order valence-corrected chi connectivity index (χ4v) is 2.06. The van der Waals surface area contributed by atoms with Gasteiger partial charge >= 0.3 is 5.97 Å². The van der Waals surface area contributed by atoms with E-state index in [2.05, 4.69) is 5.32 Å². The van der Waals surface area contributed by atoms with Gasteiger partial charge in [-0.05, 0) is 37.1 Å². The molecule has 0 fully saturated rings. The summed E-state index contributed by atoms with van der Waals surface area (Å²) in [5, 5.41) is 11.8. The number of amides is 2. The highest BCUT2D eigenvalue weighted by molar-refractivity contribution is 5.98. The van der Waals surface area contributed by atoms with Crippen LogP contribution >= 0.6 is 0 Å². The SMILES string of the molecule is CC(C)C(C)(CC(=O)O)NC(=O)c1ccc(C(=O)N(C)C)cc1. The van der Waals surface area contributed by atoms with E-state index >= 15 is 0 Å². The number of carboxylic acids is 1. The number of hydrogen-bond donors (Lipinski definition) is 2. The lowest BCUT2D eigenvalue weighted by atomic mass is 9.85. The number of carboxylic acid groups (broad SMARTS) is 1. The lowest BCUT2D eigenvalue weighted by Crippen LogP contribution is -2.51. The van der Waals surface area contributed by atoms with Gasteiger partial charge in [0.15, 0.2) is 0 Å². The van der Waals surface area contributed by atoms with Crippen molar-refractivity contribution in [2.75, 3.05) is 14.1 Å². The number of nitrogens with zero attached hydrogens (tertiary/aromatic N) is 1. The summed E-state index contributed by atoms with van der Waals surface area (Å²) in [5.41, 5.74) is 0.0300. The summed E-state index contributed by atoms with van der Waals surface area (Å²) in [6.45, 7) is 5.44. The summed E-state index contributed by atoms with van der Waals surface area (Å²) in [6.07, 6.45) is -0.159. The zero-order chi connectivity index (χ0) is 17.8. The third-order valence-corrected chi connectivity index (χ3v) is 3.99. The normalized spacial score (nSPS) is 13.3. The van der Waals surface area contributed by atoms with Crippen LogP contribution in [0.4, 0.5) is 0 Å². The highest BCUT2D eigenvalue weighted by Crippen LogP contribution is 2.21. The Morgan fingerprint density at radius 3 is 2.00 bits per heavy atom. The number of carbonyl (C=O) groups is 3. The van der Waals surface area contributed by atoms with Crippen molar-refractivity contribution >= 4 is 17.8 Å². The molecule has 126 valence electrons. The molecule has 0 bridgehead atoms. The van der Waals surface area contributed by atoms with Crippen molar-refractivity contribution in [2.45, 2.75) is 32.7 Å². The van der Waals surface area contributed by atoms with Crippen molar-refractivity contribution < 1.29 is 19.5 Å². The third-order valence-electron chi connectivity index (χ3n) is 3.99. The van der Waals surface area contributed by atoms with Crippen molar-refractivity contribution in [2.24, 2.45) is 5.92 Å². The highest BCUT2D eigenvalue weighted by Gasteiger charge is 2.33. The van der Waals surface area contributed by atoms with Gasteiger partial charge in [0.1, 0.15) is 0 Å². The number of carbonyl (C=O) groups excluding carboxylic acids is 2. The fourth-order valence-electron chi connectivity index (χ4n) is 2.06. The first-order valence-electron chi connectivity index (χ1n) is 7.43. The van der Waals surface area contributed by atoms with E-state index in [0.717, 1.165) is 0 Å². The molecule has 6 nitrogen and oxygen atoms in total. The Morgan fingerprint density at radius 1 is 1.13 bits per heavy atom. The van der Waals surface area contributed by atoms with Gasteiger partial charge in [0.2, 0.25) is 0 Å². The largest absolute Gasteiger partial charge is 0.481 e. The molecular formula is C17H24N2O4. The molecule has 0 radical (unpaired) electrons. The maximum absolute atomic E-state index is 12.4. The number of rotatable bonds is 6. The number of benzene rings is 1. The maximum atomic E-state index is 12.4. The summed E-state index contributed by atoms with van der Waals surface area (Å²) in [5.74, 6) is -1.51. The standard InChI is InChI=1S/C17H24N2O4/c1-11(2)17(3,10-14(20)21)18-15(22)12-6-8-13(9-7-12)16(23)19(4)5/h6-9,11H,10H2,1-5H3,(H,18,22)(H,20,21). The smallest absolute Gasteiger partial charge is 0.305 e. The van der Waals surface area contributed by atoms with Crippen molar-refractivity contribution in [3.63, 3.8) is 0 Å². The molecule has 2 amide bonds. The summed E-state index contributed by atoms with van der Waals surface area (Å²) in [7, 11) is 3.31. The number of hydrogen-bond acceptors (Lipinski definition) is 3. The molecule has 1 atom stereocenters. The van der Waals surface area contributed by atoms with Crippen LogP contribution in [0.15, 0.2) is 24.3 Å². The van der Waals surface area contributed by atoms with Gasteiger partial charge in [-0.3, -0.25) is 14.4 Å². The molecule has 0 aliphatic rings. The molecule has 23 heavy (non-hydrogen) atoms. The molecule has 0 saturated carbocycles. The minimum absolute atomic E-state index is 0.0443. The summed E-state index contributed by atoms with van der Waals surface area (Å²) < 4.78 is 0. The Bertz CT molecular complexity index is 593. The van der Waals surface area contributed by atoms with Crippen LogP contribution in [-0.4, -0.2) is 47.4 Å². The molecule has 1 aromatic rings. The maximum Gasteiger partial charge on any atom is 0.305 e. The van der Waals surface area contributed by atoms with E-state index in [9.17, 15) is 14.4 Å². The molecule has 1 rings (SSSR count). The van der Waals surface area contributed by atoms with Crippen LogP contribution in [0.2, 0.25) is 0 Å². The predicted octanol–water partition coefficient (Wildman–Crippen LogP) is 2.01. The molecule has 0 aromatic heterocycles. The first-order chi connectivity index (χ1) is 10.6. The van der Waals surface area contributed by atoms with E-state index in [-0.39, 0.29) is 24.2 Å². The van der Waals surface area contributed by atoms with Crippen LogP contribution < -0.4 is 5.32 Å². The van der Waals surface area contributed by atoms with Gasteiger partial charge in [-0.15, -0.1) is 0 Å². The zero-order valence-corrected chi connectivity index (χ0v) is 14.2. The minimum Gasteiger partial charge on any atom is -0.481 e. The van der Waals surface area contributed by atoms with Crippen LogP contribution in [0.5, 0.6) is 0 Å². The third kappa shape index (κ3) is 4.81. The van der Waals surface area contributed by atoms with Gasteiger partial charge in [-0.25, -0.2) is 0 Å². The second-order valence-corrected chi connectivity index (χ2v) is 6.37. The molecule has 0 spiro atoms. The van der Waals surface area contributed by atoms with E-state index in [1.807, 2.05) is 13.8 Å². The lowest BCUT2D eigenvalue weighted by Gasteiger charge is -2.33. The Kier molecular flexibility index (Phi) is 5.90. The summed E-state index contributed by atoms with van der Waals surface area (Å²) in [4.78, 5) is 36.7. The van der Waals surface area contributed by atoms with Crippen molar-refractivity contribution in [1.29, 1.82) is 0 Å². The average molecular weight is 320 g/mol. The van der Waals surface area contributed by atoms with Crippen molar-refractivity contribution in [1.82, 2.24) is 10.2 Å². The van der Waals surface area contributed by atoms with E-state index in [0.29, 0.717) is 11.1 Å². The van der Waals surface area contributed by atoms with E-state index in [1.165, 1.54) is 4.90 Å². The predicted molar refractivity (Wildman–Crippen MR) is 87.4 cm³/mol. The van der Waals surface area contributed by atoms with Crippen LogP contribution in [0.1, 0.15) is 47.9 Å². The summed E-state index contributed by atoms with van der Waals surface area (Å²) in [6, 6.07) is 6.30. The Balaban J connectivity index is 2.92. The Hall–Kier alpha value is -2.37. The van der Waals surface area contributed by atoms with Crippen molar-refractivity contribution in [3.8, 4) is 0 Å². The molecule has 2 N–H and O–H groups in total. The second kappa shape index (κ2) is 7.26. The molecule has 0 aliphatic heterocycles. The molecular weight excluding hydrogens is 296 g/mol. The van der Waals surface area contributed by atoms with Crippen LogP contribution in [0, 0.1) is 5.92 Å². The fraction of sp³-hybridized carbons (Fsp3) is 0.471. The quantitative estimate of drug-likeness (QED) is 0.839. The van der Waals surface area contributed by atoms with Crippen LogP contribution in [0.3, 0.4) is 0 Å². The lowest BCUT2D eigenvalue weighted by molar-refractivity contribution is -0.138. The molecule has 1 aromatic carbocycles. The first-order valence-corrected chi connectivity index (χ1v) is 7.43. The van der Waals surface area contributed by atoms with Gasteiger partial charge in [-0.2, -0.15) is 0 Å². The van der Waals surface area contributed by atoms with Gasteiger partial charge in [0.05, 0.1) is 12.0 Å². The monoisotopic (exact) mass is 320 g/mol. The molecule has 0 heterocycles. The average Bonchev–Trinajstić information content (AvgIpc) is 2.45. The highest BCUT2D eigenvalue weighted by atomic mass is 16.4. The van der Waals surface area contributed by atoms with Gasteiger partial charge < -0.3 is 15.3 Å². The molecule has 0 aliphatic carbocycles. The Labute approximate surface area is 136 Å². The molecule has 6 heteroatoms. The number of aliphatic carboxylic acids is 1. The van der Waals surface area contributed by atoms with Gasteiger partial charge in [0.25, 0.3) is 11.8 Å². The topological polar surface area (TPSA) is 86.7 Å². The molecule has 0 saturated heterocycles. The Morgan fingerprint density at radius 2 is 1.61 bits per heavy atom. The first kappa shape index (κ1) is 18.7. The molecule has 1 unspecified atom stereocenters. The van der Waals surface area contributed by atoms with E-state index in [1.54, 1.807) is 45.3 Å². The number of nitrogens with one attached hydrogen (secondary N) is 1. The van der Waals surface area contributed by atoms with E-state index < -0.39 is 11.5 Å². The van der Waals surface area contributed by atoms with E-state index in [4.69, 9.17) is 5.11 Å². The minimum atomic E-state index is -0.964. The van der Waals surface area contributed by atoms with Gasteiger partial charge in [0, 0.05) is 25.2 Å². The van der Waals surface area contributed by atoms with Crippen LogP contribution in [-0.2, 0) is 4.79 Å². The van der Waals surface area contributed by atoms with Crippen LogP contribution in [0.25, 0.3) is 0 Å². The van der Waals surface area contributed by atoms with Crippen molar-refractivity contribution in [3.05, 3.63) is 35.4 Å². The summed E-state index contributed by atoms with van der Waals surface area (Å²) >= 11 is 0. The second-order valence-electron chi connectivity index (χ2n) is 6.37. The zero-order valence-electron chi connectivity index (χ0n) is 14.2.